The van der Waals surface area contributed by atoms with Gasteiger partial charge in [-0.2, -0.15) is 5.48 Å². The molecule has 0 aromatic rings. The molecule has 6 heteroatoms. The summed E-state index contributed by atoms with van der Waals surface area (Å²) in [5.74, 6) is 0. The Bertz CT molecular complexity index is 88.9. The van der Waals surface area contributed by atoms with Crippen LogP contribution in [0.1, 0.15) is 0 Å². The fourth-order valence-corrected chi connectivity index (χ4v) is 0.392. The molecule has 4 nitrogen and oxygen atoms in total. The summed E-state index contributed by atoms with van der Waals surface area (Å²) in [6, 6.07) is 0. The topological polar surface area (TPSA) is 58.6 Å². The SMILES string of the molecule is [B]P(=O)(O)ONC. The maximum Gasteiger partial charge on any atom is 0.277 e. The van der Waals surface area contributed by atoms with Crippen LogP contribution in [0.5, 0.6) is 0 Å². The largest absolute Gasteiger partial charge is 0.332 e. The second-order valence-electron chi connectivity index (χ2n) is 0.860. The van der Waals surface area contributed by atoms with Gasteiger partial charge in [-0.3, -0.25) is 4.57 Å². The van der Waals surface area contributed by atoms with E-state index in [-0.39, 0.29) is 0 Å². The zero-order valence-corrected chi connectivity index (χ0v) is 4.68. The Labute approximate surface area is 42.7 Å². The van der Waals surface area contributed by atoms with Crippen LogP contribution >= 0.6 is 7.47 Å². The molecule has 2 N–H and O–H groups in total. The van der Waals surface area contributed by atoms with Crippen LogP contribution in [0.2, 0.25) is 0 Å². The van der Waals surface area contributed by atoms with Crippen LogP contribution < -0.4 is 5.48 Å². The van der Waals surface area contributed by atoms with Crippen molar-refractivity contribution in [2.75, 3.05) is 7.05 Å². The van der Waals surface area contributed by atoms with E-state index in [0.717, 1.165) is 0 Å². The van der Waals surface area contributed by atoms with Crippen molar-refractivity contribution in [1.29, 1.82) is 0 Å². The van der Waals surface area contributed by atoms with Crippen molar-refractivity contribution in [2.45, 2.75) is 0 Å². The van der Waals surface area contributed by atoms with Gasteiger partial charge in [-0.05, 0) is 0 Å². The molecule has 0 aliphatic rings. The van der Waals surface area contributed by atoms with Gasteiger partial charge in [0.25, 0.3) is 7.47 Å². The second kappa shape index (κ2) is 2.47. The van der Waals surface area contributed by atoms with E-state index in [4.69, 9.17) is 4.89 Å². The first-order chi connectivity index (χ1) is 3.06. The molecule has 0 heterocycles. The van der Waals surface area contributed by atoms with E-state index < -0.39 is 7.47 Å². The standard InChI is InChI=1S/CH5BNO3P/c1-3-6-7(2,4)5/h3H,1H3,(H,4,5). The fraction of sp³-hybridized carbons (Fsp3) is 1.00. The summed E-state index contributed by atoms with van der Waals surface area (Å²) >= 11 is 0. The van der Waals surface area contributed by atoms with Crippen molar-refractivity contribution in [1.82, 2.24) is 5.48 Å². The van der Waals surface area contributed by atoms with Crippen molar-refractivity contribution < 1.29 is 14.1 Å². The van der Waals surface area contributed by atoms with Gasteiger partial charge in [-0.15, -0.1) is 0 Å². The Morgan fingerprint density at radius 1 is 2.00 bits per heavy atom. The first-order valence-corrected chi connectivity index (χ1v) is 3.17. The Hall–Kier alpha value is 0.175. The van der Waals surface area contributed by atoms with Crippen LogP contribution in [0, 0.1) is 0 Å². The Morgan fingerprint density at radius 3 is 2.43 bits per heavy atom. The Morgan fingerprint density at radius 2 is 2.43 bits per heavy atom. The van der Waals surface area contributed by atoms with Crippen LogP contribution in [0.3, 0.4) is 0 Å². The molecule has 0 aliphatic heterocycles. The molecule has 0 saturated carbocycles. The van der Waals surface area contributed by atoms with E-state index in [1.54, 1.807) is 0 Å². The molecular formula is CH5BNO3P. The zero-order valence-electron chi connectivity index (χ0n) is 3.79. The number of rotatable bonds is 2. The van der Waals surface area contributed by atoms with Gasteiger partial charge in [0.15, 0.2) is 0 Å². The number of nitrogens with one attached hydrogen (secondary N) is 1. The van der Waals surface area contributed by atoms with Crippen LogP contribution in [0.4, 0.5) is 0 Å². The summed E-state index contributed by atoms with van der Waals surface area (Å²) in [5, 5.41) is 0. The molecular weight excluding hydrogens is 116 g/mol. The fourth-order valence-electron chi connectivity index (χ4n) is 0.131. The number of hydrogen-bond donors (Lipinski definition) is 2. The predicted molar refractivity (Wildman–Crippen MR) is 25.7 cm³/mol. The van der Waals surface area contributed by atoms with E-state index in [1.807, 2.05) is 5.48 Å². The smallest absolute Gasteiger partial charge is 0.277 e. The molecule has 7 heavy (non-hydrogen) atoms. The van der Waals surface area contributed by atoms with Gasteiger partial charge in [0.05, 0.1) is 0 Å². The van der Waals surface area contributed by atoms with E-state index in [9.17, 15) is 4.57 Å². The minimum atomic E-state index is -3.78. The van der Waals surface area contributed by atoms with E-state index in [2.05, 4.69) is 12.2 Å². The molecule has 0 rings (SSSR count). The summed E-state index contributed by atoms with van der Waals surface area (Å²) in [4.78, 5) is 8.07. The number of hydroxylamine groups is 1. The highest BCUT2D eigenvalue weighted by atomic mass is 31.2. The monoisotopic (exact) mass is 121 g/mol. The maximum atomic E-state index is 9.86. The third-order valence-corrected chi connectivity index (χ3v) is 0.666. The summed E-state index contributed by atoms with van der Waals surface area (Å²) in [7, 11) is 2.04. The summed E-state index contributed by atoms with van der Waals surface area (Å²) in [6.45, 7) is 0. The lowest BCUT2D eigenvalue weighted by Gasteiger charge is -2.01. The van der Waals surface area contributed by atoms with E-state index in [1.165, 1.54) is 7.05 Å². The zero-order chi connectivity index (χ0) is 5.91. The molecule has 0 saturated heterocycles. The highest BCUT2D eigenvalue weighted by molar-refractivity contribution is 7.78. The highest BCUT2D eigenvalue weighted by Gasteiger charge is 2.05. The minimum Gasteiger partial charge on any atom is -0.332 e. The highest BCUT2D eigenvalue weighted by Crippen LogP contribution is 2.32. The average Bonchev–Trinajstić information content (AvgIpc) is 1.30. The summed E-state index contributed by atoms with van der Waals surface area (Å²) < 4.78 is 13.7. The van der Waals surface area contributed by atoms with Crippen LogP contribution in [0.15, 0.2) is 0 Å². The Kier molecular flexibility index (Phi) is 2.54. The van der Waals surface area contributed by atoms with Gasteiger partial charge in [0.1, 0.15) is 0 Å². The van der Waals surface area contributed by atoms with Crippen molar-refractivity contribution in [3.05, 3.63) is 0 Å². The van der Waals surface area contributed by atoms with Gasteiger partial charge < -0.3 is 4.89 Å². The first kappa shape index (κ1) is 7.17. The van der Waals surface area contributed by atoms with Crippen LogP contribution in [-0.2, 0) is 9.19 Å². The van der Waals surface area contributed by atoms with E-state index >= 15 is 0 Å². The van der Waals surface area contributed by atoms with Crippen LogP contribution in [-0.4, -0.2) is 19.5 Å². The molecule has 1 atom stereocenters. The summed E-state index contributed by atoms with van der Waals surface area (Å²) in [5.41, 5.74) is 1.97. The molecule has 0 amide bonds. The third-order valence-electron chi connectivity index (χ3n) is 0.222. The molecule has 0 bridgehead atoms. The minimum absolute atomic E-state index is 1.34. The third kappa shape index (κ3) is 6.17. The van der Waals surface area contributed by atoms with Gasteiger partial charge in [-0.1, -0.05) is 0 Å². The normalized spacial score (nSPS) is 18.6. The predicted octanol–water partition coefficient (Wildman–Crippen LogP) is -0.594. The molecule has 0 fully saturated rings. The lowest BCUT2D eigenvalue weighted by molar-refractivity contribution is 0.199. The van der Waals surface area contributed by atoms with Gasteiger partial charge >= 0.3 is 0 Å². The second-order valence-corrected chi connectivity index (χ2v) is 2.17. The molecule has 0 aromatic heterocycles. The molecule has 2 radical (unpaired) electrons. The molecule has 40 valence electrons. The van der Waals surface area contributed by atoms with Crippen LogP contribution in [0.25, 0.3) is 0 Å². The summed E-state index contributed by atoms with van der Waals surface area (Å²) in [6.07, 6.45) is 0. The van der Waals surface area contributed by atoms with E-state index in [0.29, 0.717) is 0 Å². The quantitative estimate of drug-likeness (QED) is 0.291. The average molecular weight is 121 g/mol. The maximum absolute atomic E-state index is 9.86. The molecule has 1 unspecified atom stereocenters. The molecule has 0 aliphatic carbocycles. The van der Waals surface area contributed by atoms with Crippen molar-refractivity contribution in [3.63, 3.8) is 0 Å². The van der Waals surface area contributed by atoms with Gasteiger partial charge in [-0.25, -0.2) is 4.62 Å². The van der Waals surface area contributed by atoms with Crippen molar-refractivity contribution in [3.8, 4) is 0 Å². The van der Waals surface area contributed by atoms with Gasteiger partial charge in [0.2, 0.25) is 7.57 Å². The lowest BCUT2D eigenvalue weighted by Crippen LogP contribution is -2.03. The van der Waals surface area contributed by atoms with Crippen molar-refractivity contribution >= 4 is 15.0 Å². The number of hydrogen-bond acceptors (Lipinski definition) is 3. The van der Waals surface area contributed by atoms with Crippen molar-refractivity contribution in [2.24, 2.45) is 0 Å². The first-order valence-electron chi connectivity index (χ1n) is 1.53. The lowest BCUT2D eigenvalue weighted by atomic mass is 10.8. The molecule has 0 aromatic carbocycles. The molecule has 0 spiro atoms. The Balaban J connectivity index is 3.36. The van der Waals surface area contributed by atoms with Gasteiger partial charge in [0, 0.05) is 7.05 Å².